The van der Waals surface area contributed by atoms with E-state index in [-0.39, 0.29) is 34.3 Å². The van der Waals surface area contributed by atoms with Crippen molar-refractivity contribution in [1.82, 2.24) is 19.7 Å². The smallest absolute Gasteiger partial charge is 0.305 e. The summed E-state index contributed by atoms with van der Waals surface area (Å²) in [5, 5.41) is 13.5. The highest BCUT2D eigenvalue weighted by molar-refractivity contribution is 7.92. The average Bonchev–Trinajstić information content (AvgIpc) is 3.25. The Bertz CT molecular complexity index is 1440. The number of hydrogen-bond donors (Lipinski definition) is 3. The molecule has 1 atom stereocenters. The molecule has 37 heavy (non-hydrogen) atoms. The van der Waals surface area contributed by atoms with Gasteiger partial charge in [0.25, 0.3) is 0 Å². The van der Waals surface area contributed by atoms with Crippen molar-refractivity contribution < 1.29 is 23.3 Å². The molecule has 0 aromatic carbocycles. The zero-order valence-corrected chi connectivity index (χ0v) is 23.1. The maximum atomic E-state index is 13.2. The lowest BCUT2D eigenvalue weighted by molar-refractivity contribution is -0.630. The number of hydrogen-bond acceptors (Lipinski definition) is 7. The first-order valence-electron chi connectivity index (χ1n) is 11.9. The summed E-state index contributed by atoms with van der Waals surface area (Å²) in [6.07, 6.45) is 6.03. The van der Waals surface area contributed by atoms with Crippen molar-refractivity contribution in [2.45, 2.75) is 63.3 Å². The van der Waals surface area contributed by atoms with Crippen LogP contribution in [0.4, 0.5) is 0 Å². The molecule has 0 bridgehead atoms. The highest BCUT2D eigenvalue weighted by Crippen LogP contribution is 2.33. The Kier molecular flexibility index (Phi) is 8.19. The van der Waals surface area contributed by atoms with Crippen LogP contribution >= 0.6 is 0 Å². The molecule has 0 spiro atoms. The van der Waals surface area contributed by atoms with E-state index < -0.39 is 14.6 Å². The number of methoxy groups -OCH3 is 1. The minimum atomic E-state index is -3.76. The fourth-order valence-corrected chi connectivity index (χ4v) is 4.95. The summed E-state index contributed by atoms with van der Waals surface area (Å²) >= 11 is 0. The van der Waals surface area contributed by atoms with Gasteiger partial charge >= 0.3 is 5.91 Å². The monoisotopic (exact) mass is 527 g/mol. The number of pyridine rings is 2. The second-order valence-corrected chi connectivity index (χ2v) is 12.7. The molecule has 1 amide bonds. The Morgan fingerprint density at radius 3 is 2.49 bits per heavy atom. The van der Waals surface area contributed by atoms with E-state index >= 15 is 0 Å². The van der Waals surface area contributed by atoms with Gasteiger partial charge in [-0.3, -0.25) is 19.6 Å². The molecule has 198 valence electrons. The van der Waals surface area contributed by atoms with Gasteiger partial charge < -0.3 is 15.4 Å². The van der Waals surface area contributed by atoms with Gasteiger partial charge in [-0.15, -0.1) is 0 Å². The van der Waals surface area contributed by atoms with E-state index in [1.807, 2.05) is 32.9 Å². The van der Waals surface area contributed by atoms with Crippen LogP contribution in [0, 0.1) is 5.41 Å². The normalized spacial score (nSPS) is 13.6. The highest BCUT2D eigenvalue weighted by Gasteiger charge is 2.34. The average molecular weight is 528 g/mol. The molecule has 0 radical (unpaired) electrons. The number of rotatable bonds is 9. The first-order chi connectivity index (χ1) is 17.3. The summed E-state index contributed by atoms with van der Waals surface area (Å²) in [4.78, 5) is 21.8. The van der Waals surface area contributed by atoms with Crippen molar-refractivity contribution >= 4 is 27.1 Å². The molecule has 0 saturated heterocycles. The van der Waals surface area contributed by atoms with Gasteiger partial charge in [0, 0.05) is 24.5 Å². The molecule has 4 N–H and O–H groups in total. The van der Waals surface area contributed by atoms with E-state index in [2.05, 4.69) is 15.3 Å². The number of ether oxygens (including phenoxy) is 1. The number of nitrogens with one attached hydrogen (secondary N) is 2. The summed E-state index contributed by atoms with van der Waals surface area (Å²) in [5.74, 6) is -0.165. The molecule has 11 heteroatoms. The van der Waals surface area contributed by atoms with E-state index in [0.717, 1.165) is 5.69 Å². The fourth-order valence-electron chi connectivity index (χ4n) is 3.64. The lowest BCUT2D eigenvalue weighted by Gasteiger charge is -2.21. The first-order valence-corrected chi connectivity index (χ1v) is 13.4. The van der Waals surface area contributed by atoms with Gasteiger partial charge in [-0.05, 0) is 53.7 Å². The van der Waals surface area contributed by atoms with Gasteiger partial charge in [-0.1, -0.05) is 6.07 Å². The minimum Gasteiger partial charge on any atom is -0.495 e. The third-order valence-corrected chi connectivity index (χ3v) is 8.22. The van der Waals surface area contributed by atoms with Crippen molar-refractivity contribution in [3.05, 3.63) is 66.0 Å². The predicted molar refractivity (Wildman–Crippen MR) is 141 cm³/mol. The number of nitrogens with two attached hydrogens (primary N) is 1. The Morgan fingerprint density at radius 2 is 1.92 bits per heavy atom. The quantitative estimate of drug-likeness (QED) is 0.288. The molecule has 3 rings (SSSR count). The van der Waals surface area contributed by atoms with Crippen LogP contribution in [-0.2, 0) is 14.6 Å². The summed E-state index contributed by atoms with van der Waals surface area (Å²) in [6.45, 7) is 10.6. The summed E-state index contributed by atoms with van der Waals surface area (Å²) in [5.41, 5.74) is 1.79. The number of nitrogens with zero attached hydrogens (tertiary/aromatic N) is 3. The van der Waals surface area contributed by atoms with Gasteiger partial charge in [0.1, 0.15) is 16.3 Å². The number of sulfone groups is 1. The van der Waals surface area contributed by atoms with Gasteiger partial charge in [0.2, 0.25) is 0 Å². The third kappa shape index (κ3) is 6.05. The molecular weight excluding hydrogens is 492 g/mol. The molecule has 0 fully saturated rings. The van der Waals surface area contributed by atoms with Crippen LogP contribution in [0.2, 0.25) is 0 Å². The highest BCUT2D eigenvalue weighted by atomic mass is 32.2. The molecule has 3 aromatic rings. The molecule has 0 aliphatic rings. The lowest BCUT2D eigenvalue weighted by Crippen LogP contribution is -2.88. The first kappa shape index (κ1) is 28.0. The molecular formula is C26H35N6O4S+. The van der Waals surface area contributed by atoms with Crippen molar-refractivity contribution in [1.29, 1.82) is 5.41 Å². The topological polar surface area (TPSA) is 143 Å². The largest absolute Gasteiger partial charge is 0.495 e. The molecule has 10 nitrogen and oxygen atoms in total. The second kappa shape index (κ2) is 10.8. The van der Waals surface area contributed by atoms with E-state index in [1.165, 1.54) is 36.0 Å². The predicted octanol–water partition coefficient (Wildman–Crippen LogP) is 2.41. The van der Waals surface area contributed by atoms with E-state index in [1.54, 1.807) is 38.4 Å². The van der Waals surface area contributed by atoms with Crippen molar-refractivity contribution in [3.63, 3.8) is 0 Å². The Morgan fingerprint density at radius 1 is 1.22 bits per heavy atom. The number of amides is 1. The van der Waals surface area contributed by atoms with Crippen LogP contribution in [0.3, 0.4) is 0 Å². The second-order valence-electron chi connectivity index (χ2n) is 10.1. The van der Waals surface area contributed by atoms with Crippen LogP contribution in [0.5, 0.6) is 5.75 Å². The number of carbonyl (C=O) groups excluding carboxylic acids is 1. The number of fused-ring (bicyclic) bond motifs is 1. The van der Waals surface area contributed by atoms with Crippen molar-refractivity contribution in [3.8, 4) is 5.75 Å². The fraction of sp³-hybridized carbons (Fsp3) is 0.385. The van der Waals surface area contributed by atoms with Crippen LogP contribution in [0.15, 0.2) is 59.5 Å². The standard InChI is InChI=1S/C26H34N6O4S/c1-16(2)30-20(25(33)31-17(3)19-10-8-9-11-28-19)12-18(27)21-14-29-24-13-22(36-7)23(15-32(21)24)37(34,35)26(4,5)6/h8-17,27,30H,1-7H3,(H,31,33)/p+1/b20-12-,27-18?/t17-/m1/s1. The van der Waals surface area contributed by atoms with Gasteiger partial charge in [-0.25, -0.2) is 13.4 Å². The molecule has 0 saturated carbocycles. The van der Waals surface area contributed by atoms with Gasteiger partial charge in [0.05, 0.1) is 47.2 Å². The Balaban J connectivity index is 2.02. The Hall–Kier alpha value is -3.57. The van der Waals surface area contributed by atoms with Crippen LogP contribution in [0.1, 0.15) is 59.0 Å². The SMILES string of the molecule is COc1cc2ncc(C(=N)/C=C(\[NH2+]C(C)C)C(=O)N[C@H](C)c3ccccn3)n2cc1S(=O)(=O)C(C)(C)C. The zero-order chi connectivity index (χ0) is 27.5. The molecule has 3 heterocycles. The van der Waals surface area contributed by atoms with Crippen LogP contribution in [-0.4, -0.2) is 52.3 Å². The number of imidazole rings is 1. The number of allylic oxidation sites excluding steroid dienone is 1. The third-order valence-electron chi connectivity index (χ3n) is 5.72. The zero-order valence-electron chi connectivity index (χ0n) is 22.2. The van der Waals surface area contributed by atoms with E-state index in [0.29, 0.717) is 17.0 Å². The number of carbonyl (C=O) groups is 1. The van der Waals surface area contributed by atoms with Gasteiger partial charge in [-0.2, -0.15) is 0 Å². The molecule has 0 aliphatic carbocycles. The van der Waals surface area contributed by atoms with Crippen molar-refractivity contribution in [2.75, 3.05) is 7.11 Å². The van der Waals surface area contributed by atoms with Crippen LogP contribution in [0.25, 0.3) is 5.65 Å². The summed E-state index contributed by atoms with van der Waals surface area (Å²) < 4.78 is 32.3. The maximum Gasteiger partial charge on any atom is 0.305 e. The number of quaternary nitrogens is 1. The Labute approximate surface area is 217 Å². The van der Waals surface area contributed by atoms with Crippen molar-refractivity contribution in [2.24, 2.45) is 0 Å². The van der Waals surface area contributed by atoms with E-state index in [9.17, 15) is 13.2 Å². The maximum absolute atomic E-state index is 13.2. The summed E-state index contributed by atoms with van der Waals surface area (Å²) in [6, 6.07) is 6.73. The van der Waals surface area contributed by atoms with Crippen LogP contribution < -0.4 is 15.4 Å². The molecule has 0 aliphatic heterocycles. The van der Waals surface area contributed by atoms with Gasteiger partial charge in [0.15, 0.2) is 15.5 Å². The minimum absolute atomic E-state index is 0.00178. The van der Waals surface area contributed by atoms with E-state index in [4.69, 9.17) is 10.1 Å². The molecule has 3 aromatic heterocycles. The number of aromatic nitrogens is 3. The summed E-state index contributed by atoms with van der Waals surface area (Å²) in [7, 11) is -2.36. The molecule has 0 unspecified atom stereocenters. The lowest BCUT2D eigenvalue weighted by atomic mass is 10.1.